The maximum absolute atomic E-state index is 12.7. The Labute approximate surface area is 67.9 Å². The van der Waals surface area contributed by atoms with E-state index in [4.69, 9.17) is 17.5 Å². The van der Waals surface area contributed by atoms with Crippen LogP contribution in [0.1, 0.15) is 5.56 Å². The molecule has 0 amide bonds. The van der Waals surface area contributed by atoms with Gasteiger partial charge in [0.1, 0.15) is 0 Å². The molecule has 0 spiro atoms. The predicted octanol–water partition coefficient (Wildman–Crippen LogP) is 1.26. The Morgan fingerprint density at radius 2 is 2.45 bits per heavy atom. The second-order valence-electron chi connectivity index (χ2n) is 1.91. The van der Waals surface area contributed by atoms with Crippen LogP contribution in [-0.2, 0) is 11.4 Å². The van der Waals surface area contributed by atoms with Crippen molar-refractivity contribution < 1.29 is 9.23 Å². The lowest BCUT2D eigenvalue weighted by molar-refractivity contribution is 0.121. The topological polar surface area (TPSA) is 48.1 Å². The first-order chi connectivity index (χ1) is 5.24. The Morgan fingerprint density at radius 3 is 3.09 bits per heavy atom. The number of hydrogen-bond donors (Lipinski definition) is 1. The van der Waals surface area contributed by atoms with E-state index in [1.807, 2.05) is 0 Å². The summed E-state index contributed by atoms with van der Waals surface area (Å²) in [6, 6.07) is 1.41. The predicted molar refractivity (Wildman–Crippen MR) is 38.2 cm³/mol. The van der Waals surface area contributed by atoms with Crippen LogP contribution in [0.4, 0.5) is 4.39 Å². The molecule has 0 atom stereocenters. The maximum Gasteiger partial charge on any atom is 0.218 e. The standard InChI is InChI=1S/C6H6ClFN2O/c7-5-1-4(3-11-9)6(8)10-2-5/h1-2H,3,9H2. The molecule has 11 heavy (non-hydrogen) atoms. The molecule has 0 saturated carbocycles. The number of pyridine rings is 1. The molecule has 0 aromatic carbocycles. The van der Waals surface area contributed by atoms with E-state index in [0.717, 1.165) is 0 Å². The molecule has 5 heteroatoms. The summed E-state index contributed by atoms with van der Waals surface area (Å²) in [5.41, 5.74) is 0.250. The third kappa shape index (κ3) is 2.11. The van der Waals surface area contributed by atoms with E-state index < -0.39 is 5.95 Å². The molecule has 0 aliphatic rings. The highest BCUT2D eigenvalue weighted by Gasteiger charge is 2.02. The smallest absolute Gasteiger partial charge is 0.218 e. The molecule has 0 radical (unpaired) electrons. The van der Waals surface area contributed by atoms with Crippen molar-refractivity contribution in [3.05, 3.63) is 28.8 Å². The highest BCUT2D eigenvalue weighted by atomic mass is 35.5. The molecule has 1 aromatic rings. The molecular formula is C6H6ClFN2O. The first-order valence-corrected chi connectivity index (χ1v) is 3.23. The summed E-state index contributed by atoms with van der Waals surface area (Å²) in [6.45, 7) is -0.0284. The van der Waals surface area contributed by atoms with E-state index in [9.17, 15) is 4.39 Å². The molecular weight excluding hydrogens is 171 g/mol. The fourth-order valence-electron chi connectivity index (χ4n) is 0.656. The molecule has 0 unspecified atom stereocenters. The van der Waals surface area contributed by atoms with Gasteiger partial charge in [-0.1, -0.05) is 11.6 Å². The number of nitrogens with zero attached hydrogens (tertiary/aromatic N) is 1. The van der Waals surface area contributed by atoms with Gasteiger partial charge in [0.15, 0.2) is 0 Å². The van der Waals surface area contributed by atoms with Crippen molar-refractivity contribution >= 4 is 11.6 Å². The number of aromatic nitrogens is 1. The minimum absolute atomic E-state index is 0.0284. The Hall–Kier alpha value is -0.710. The van der Waals surface area contributed by atoms with Gasteiger partial charge in [0.25, 0.3) is 0 Å². The molecule has 1 rings (SSSR count). The van der Waals surface area contributed by atoms with Crippen LogP contribution >= 0.6 is 11.6 Å². The number of nitrogens with two attached hydrogens (primary N) is 1. The third-order valence-electron chi connectivity index (χ3n) is 1.12. The summed E-state index contributed by atoms with van der Waals surface area (Å²) in [5, 5.41) is 0.360. The van der Waals surface area contributed by atoms with Crippen molar-refractivity contribution in [2.24, 2.45) is 5.90 Å². The van der Waals surface area contributed by atoms with Crippen LogP contribution in [0, 0.1) is 5.95 Å². The van der Waals surface area contributed by atoms with Gasteiger partial charge in [0.2, 0.25) is 5.95 Å². The van der Waals surface area contributed by atoms with Gasteiger partial charge in [0.05, 0.1) is 11.6 Å². The lowest BCUT2D eigenvalue weighted by atomic mass is 10.3. The Balaban J connectivity index is 2.93. The van der Waals surface area contributed by atoms with Crippen LogP contribution in [-0.4, -0.2) is 4.98 Å². The molecule has 0 bridgehead atoms. The van der Waals surface area contributed by atoms with Crippen LogP contribution in [0.3, 0.4) is 0 Å². The van der Waals surface area contributed by atoms with Crippen LogP contribution in [0.5, 0.6) is 0 Å². The monoisotopic (exact) mass is 176 g/mol. The van der Waals surface area contributed by atoms with Gasteiger partial charge in [-0.15, -0.1) is 0 Å². The highest BCUT2D eigenvalue weighted by Crippen LogP contribution is 2.12. The molecule has 3 nitrogen and oxygen atoms in total. The van der Waals surface area contributed by atoms with Gasteiger partial charge >= 0.3 is 0 Å². The maximum atomic E-state index is 12.7. The van der Waals surface area contributed by atoms with Crippen LogP contribution < -0.4 is 5.90 Å². The third-order valence-corrected chi connectivity index (χ3v) is 1.32. The van der Waals surface area contributed by atoms with Gasteiger partial charge in [0, 0.05) is 11.8 Å². The minimum Gasteiger partial charge on any atom is -0.300 e. The van der Waals surface area contributed by atoms with Crippen molar-refractivity contribution in [2.75, 3.05) is 0 Å². The zero-order valence-corrected chi connectivity index (χ0v) is 6.31. The van der Waals surface area contributed by atoms with Crippen molar-refractivity contribution in [1.29, 1.82) is 0 Å². The molecule has 2 N–H and O–H groups in total. The summed E-state index contributed by atoms with van der Waals surface area (Å²) in [5.74, 6) is 4.13. The largest absolute Gasteiger partial charge is 0.300 e. The van der Waals surface area contributed by atoms with Gasteiger partial charge in [-0.3, -0.25) is 4.84 Å². The fraction of sp³-hybridized carbons (Fsp3) is 0.167. The Bertz CT molecular complexity index is 256. The lowest BCUT2D eigenvalue weighted by Crippen LogP contribution is -2.02. The van der Waals surface area contributed by atoms with E-state index >= 15 is 0 Å². The summed E-state index contributed by atoms with van der Waals surface area (Å²) in [7, 11) is 0. The summed E-state index contributed by atoms with van der Waals surface area (Å²) >= 11 is 5.53. The first-order valence-electron chi connectivity index (χ1n) is 2.85. The van der Waals surface area contributed by atoms with Crippen LogP contribution in [0.25, 0.3) is 0 Å². The van der Waals surface area contributed by atoms with E-state index in [1.54, 1.807) is 0 Å². The zero-order chi connectivity index (χ0) is 8.27. The molecule has 1 aromatic heterocycles. The van der Waals surface area contributed by atoms with Crippen LogP contribution in [0.2, 0.25) is 5.02 Å². The van der Waals surface area contributed by atoms with Gasteiger partial charge in [-0.2, -0.15) is 4.39 Å². The number of rotatable bonds is 2. The fourth-order valence-corrected chi connectivity index (χ4v) is 0.836. The van der Waals surface area contributed by atoms with Crippen LogP contribution in [0.15, 0.2) is 12.3 Å². The van der Waals surface area contributed by atoms with Crippen molar-refractivity contribution in [1.82, 2.24) is 4.98 Å². The second-order valence-corrected chi connectivity index (χ2v) is 2.35. The Morgan fingerprint density at radius 1 is 1.73 bits per heavy atom. The van der Waals surface area contributed by atoms with E-state index in [0.29, 0.717) is 5.02 Å². The van der Waals surface area contributed by atoms with Crippen molar-refractivity contribution in [2.45, 2.75) is 6.61 Å². The highest BCUT2D eigenvalue weighted by molar-refractivity contribution is 6.30. The van der Waals surface area contributed by atoms with E-state index in [-0.39, 0.29) is 12.2 Å². The van der Waals surface area contributed by atoms with Crippen molar-refractivity contribution in [3.63, 3.8) is 0 Å². The average molecular weight is 177 g/mol. The van der Waals surface area contributed by atoms with Gasteiger partial charge in [-0.05, 0) is 6.07 Å². The lowest BCUT2D eigenvalue weighted by Gasteiger charge is -1.99. The minimum atomic E-state index is -0.611. The van der Waals surface area contributed by atoms with E-state index in [2.05, 4.69) is 9.82 Å². The summed E-state index contributed by atoms with van der Waals surface area (Å²) in [6.07, 6.45) is 1.22. The quantitative estimate of drug-likeness (QED) is 0.545. The Kier molecular flexibility index (Phi) is 2.76. The van der Waals surface area contributed by atoms with Gasteiger partial charge < -0.3 is 0 Å². The average Bonchev–Trinajstić information content (AvgIpc) is 1.98. The molecule has 1 heterocycles. The molecule has 0 aliphatic heterocycles. The summed E-state index contributed by atoms with van der Waals surface area (Å²) in [4.78, 5) is 7.59. The molecule has 0 fully saturated rings. The zero-order valence-electron chi connectivity index (χ0n) is 5.55. The van der Waals surface area contributed by atoms with Gasteiger partial charge in [-0.25, -0.2) is 10.9 Å². The molecule has 60 valence electrons. The first kappa shape index (κ1) is 8.39. The molecule has 0 saturated heterocycles. The van der Waals surface area contributed by atoms with E-state index in [1.165, 1.54) is 12.3 Å². The normalized spacial score (nSPS) is 10.1. The summed E-state index contributed by atoms with van der Waals surface area (Å²) < 4.78 is 12.7. The SMILES string of the molecule is NOCc1cc(Cl)cnc1F. The number of halogens is 2. The van der Waals surface area contributed by atoms with Crippen molar-refractivity contribution in [3.8, 4) is 0 Å². The molecule has 0 aliphatic carbocycles. The second kappa shape index (κ2) is 3.61. The number of hydrogen-bond acceptors (Lipinski definition) is 3.